The van der Waals surface area contributed by atoms with Crippen LogP contribution in [-0.4, -0.2) is 14.6 Å². The average Bonchev–Trinajstić information content (AvgIpc) is 2.76. The molecule has 0 spiro atoms. The van der Waals surface area contributed by atoms with Crippen LogP contribution in [0.5, 0.6) is 0 Å². The average molecular weight is 353 g/mol. The van der Waals surface area contributed by atoms with Gasteiger partial charge in [-0.3, -0.25) is 0 Å². The molecular weight excluding hydrogens is 342 g/mol. The Morgan fingerprint density at radius 3 is 2.67 bits per heavy atom. The zero-order chi connectivity index (χ0) is 15.0. The maximum Gasteiger partial charge on any atom is 0.155 e. The van der Waals surface area contributed by atoms with Crippen molar-refractivity contribution in [1.29, 1.82) is 0 Å². The van der Waals surface area contributed by atoms with Gasteiger partial charge in [0, 0.05) is 35.0 Å². The number of aryl methyl sites for hydroxylation is 1. The van der Waals surface area contributed by atoms with Crippen molar-refractivity contribution in [2.24, 2.45) is 0 Å². The Hall–Kier alpha value is -2.02. The zero-order valence-corrected chi connectivity index (χ0v) is 12.7. The molecule has 4 nitrogen and oxygen atoms in total. The van der Waals surface area contributed by atoms with Crippen LogP contribution < -0.4 is 5.32 Å². The van der Waals surface area contributed by atoms with E-state index in [1.165, 1.54) is 12.1 Å². The van der Waals surface area contributed by atoms with Gasteiger partial charge in [-0.25, -0.2) is 18.3 Å². The molecule has 108 valence electrons. The van der Waals surface area contributed by atoms with Crippen molar-refractivity contribution in [2.75, 3.05) is 5.32 Å². The summed E-state index contributed by atoms with van der Waals surface area (Å²) in [5, 5.41) is 6.99. The highest BCUT2D eigenvalue weighted by atomic mass is 79.9. The van der Waals surface area contributed by atoms with Gasteiger partial charge in [-0.15, -0.1) is 0 Å². The van der Waals surface area contributed by atoms with Gasteiger partial charge in [0.1, 0.15) is 17.3 Å². The molecule has 3 aromatic rings. The molecule has 2 heterocycles. The molecule has 0 radical (unpaired) electrons. The minimum Gasteiger partial charge on any atom is -0.376 e. The van der Waals surface area contributed by atoms with Crippen molar-refractivity contribution < 1.29 is 8.78 Å². The fourth-order valence-electron chi connectivity index (χ4n) is 2.03. The van der Waals surface area contributed by atoms with Gasteiger partial charge in [-0.05, 0) is 19.1 Å². The third-order valence-electron chi connectivity index (χ3n) is 2.97. The van der Waals surface area contributed by atoms with E-state index >= 15 is 0 Å². The summed E-state index contributed by atoms with van der Waals surface area (Å²) >= 11 is 3.04. The molecule has 0 aliphatic rings. The molecule has 1 N–H and O–H groups in total. The summed E-state index contributed by atoms with van der Waals surface area (Å²) in [5.74, 6) is -1.29. The van der Waals surface area contributed by atoms with Crippen molar-refractivity contribution in [3.8, 4) is 0 Å². The fraction of sp³-hybridized carbons (Fsp3) is 0.143. The van der Waals surface area contributed by atoms with Crippen molar-refractivity contribution in [2.45, 2.75) is 13.5 Å². The number of nitrogens with one attached hydrogen (secondary N) is 1. The molecule has 0 bridgehead atoms. The van der Waals surface area contributed by atoms with Gasteiger partial charge in [-0.2, -0.15) is 5.10 Å². The first-order chi connectivity index (χ1) is 10.0. The van der Waals surface area contributed by atoms with Crippen LogP contribution in [0, 0.1) is 18.6 Å². The van der Waals surface area contributed by atoms with E-state index in [0.29, 0.717) is 4.47 Å². The van der Waals surface area contributed by atoms with E-state index in [1.807, 2.05) is 13.0 Å². The lowest BCUT2D eigenvalue weighted by Gasteiger charge is -2.09. The third kappa shape index (κ3) is 2.87. The van der Waals surface area contributed by atoms with Crippen LogP contribution in [0.4, 0.5) is 14.5 Å². The summed E-state index contributed by atoms with van der Waals surface area (Å²) in [4.78, 5) is 4.24. The number of rotatable bonds is 3. The van der Waals surface area contributed by atoms with Gasteiger partial charge in [0.15, 0.2) is 5.65 Å². The van der Waals surface area contributed by atoms with Gasteiger partial charge in [0.2, 0.25) is 0 Å². The van der Waals surface area contributed by atoms with E-state index in [-0.39, 0.29) is 12.2 Å². The Balaban J connectivity index is 1.83. The minimum atomic E-state index is -0.647. The standard InChI is InChI=1S/C14H11BrF2N4/c1-8-2-13-18-5-9(7-21(13)20-8)6-19-14-11(16)3-10(15)4-12(14)17/h2-5,7,19H,6H2,1H3. The van der Waals surface area contributed by atoms with Crippen LogP contribution in [0.2, 0.25) is 0 Å². The van der Waals surface area contributed by atoms with Gasteiger partial charge in [0.05, 0.1) is 5.69 Å². The lowest BCUT2D eigenvalue weighted by molar-refractivity contribution is 0.586. The number of hydrogen-bond acceptors (Lipinski definition) is 3. The summed E-state index contributed by atoms with van der Waals surface area (Å²) in [5.41, 5.74) is 2.21. The van der Waals surface area contributed by atoms with E-state index in [2.05, 4.69) is 31.3 Å². The second-order valence-electron chi connectivity index (χ2n) is 4.65. The van der Waals surface area contributed by atoms with Crippen molar-refractivity contribution in [3.05, 3.63) is 58.0 Å². The molecular formula is C14H11BrF2N4. The van der Waals surface area contributed by atoms with E-state index < -0.39 is 11.6 Å². The first kappa shape index (κ1) is 13.9. The molecule has 0 saturated heterocycles. The number of benzene rings is 1. The zero-order valence-electron chi connectivity index (χ0n) is 11.1. The Morgan fingerprint density at radius 2 is 1.95 bits per heavy atom. The Labute approximate surface area is 127 Å². The molecule has 0 unspecified atom stereocenters. The Morgan fingerprint density at radius 1 is 1.24 bits per heavy atom. The summed E-state index contributed by atoms with van der Waals surface area (Å²) in [7, 11) is 0. The van der Waals surface area contributed by atoms with Crippen LogP contribution in [0.25, 0.3) is 5.65 Å². The predicted molar refractivity (Wildman–Crippen MR) is 79.1 cm³/mol. The van der Waals surface area contributed by atoms with Gasteiger partial charge in [0.25, 0.3) is 0 Å². The molecule has 0 aliphatic carbocycles. The molecule has 1 aromatic carbocycles. The number of hydrogen-bond donors (Lipinski definition) is 1. The maximum absolute atomic E-state index is 13.7. The third-order valence-corrected chi connectivity index (χ3v) is 3.42. The van der Waals surface area contributed by atoms with Crippen LogP contribution >= 0.6 is 15.9 Å². The Bertz CT molecular complexity index is 793. The smallest absolute Gasteiger partial charge is 0.155 e. The van der Waals surface area contributed by atoms with Crippen LogP contribution in [0.1, 0.15) is 11.3 Å². The predicted octanol–water partition coefficient (Wildman–Crippen LogP) is 3.69. The highest BCUT2D eigenvalue weighted by molar-refractivity contribution is 9.10. The van der Waals surface area contributed by atoms with Gasteiger partial charge >= 0.3 is 0 Å². The number of aromatic nitrogens is 3. The van der Waals surface area contributed by atoms with Crippen LogP contribution in [-0.2, 0) is 6.54 Å². The van der Waals surface area contributed by atoms with Crippen LogP contribution in [0.3, 0.4) is 0 Å². The van der Waals surface area contributed by atoms with Gasteiger partial charge in [-0.1, -0.05) is 15.9 Å². The van der Waals surface area contributed by atoms with Gasteiger partial charge < -0.3 is 5.32 Å². The fourth-order valence-corrected chi connectivity index (χ4v) is 2.43. The minimum absolute atomic E-state index is 0.157. The highest BCUT2D eigenvalue weighted by Crippen LogP contribution is 2.24. The molecule has 3 rings (SSSR count). The first-order valence-corrected chi connectivity index (χ1v) is 7.01. The maximum atomic E-state index is 13.7. The van der Waals surface area contributed by atoms with E-state index in [0.717, 1.165) is 16.9 Å². The topological polar surface area (TPSA) is 42.2 Å². The lowest BCUT2D eigenvalue weighted by atomic mass is 10.2. The molecule has 0 saturated carbocycles. The summed E-state index contributed by atoms with van der Waals surface area (Å²) < 4.78 is 29.4. The van der Waals surface area contributed by atoms with Crippen molar-refractivity contribution in [1.82, 2.24) is 14.6 Å². The second kappa shape index (κ2) is 5.40. The van der Waals surface area contributed by atoms with E-state index in [1.54, 1.807) is 16.9 Å². The molecule has 0 fully saturated rings. The summed E-state index contributed by atoms with van der Waals surface area (Å²) in [6.45, 7) is 2.12. The molecule has 2 aromatic heterocycles. The van der Waals surface area contributed by atoms with E-state index in [9.17, 15) is 8.78 Å². The number of anilines is 1. The summed E-state index contributed by atoms with van der Waals surface area (Å²) in [6, 6.07) is 4.28. The number of fused-ring (bicyclic) bond motifs is 1. The molecule has 0 amide bonds. The highest BCUT2D eigenvalue weighted by Gasteiger charge is 2.10. The SMILES string of the molecule is Cc1cc2ncc(CNc3c(F)cc(Br)cc3F)cn2n1. The molecule has 0 atom stereocenters. The van der Waals surface area contributed by atoms with Crippen molar-refractivity contribution in [3.63, 3.8) is 0 Å². The first-order valence-electron chi connectivity index (χ1n) is 6.22. The lowest BCUT2D eigenvalue weighted by Crippen LogP contribution is -2.05. The van der Waals surface area contributed by atoms with Crippen molar-refractivity contribution >= 4 is 27.3 Å². The Kier molecular flexibility index (Phi) is 3.59. The molecule has 0 aliphatic heterocycles. The quantitative estimate of drug-likeness (QED) is 0.781. The number of nitrogens with zero attached hydrogens (tertiary/aromatic N) is 3. The second-order valence-corrected chi connectivity index (χ2v) is 5.56. The summed E-state index contributed by atoms with van der Waals surface area (Å²) in [6.07, 6.45) is 3.43. The number of halogens is 3. The normalized spacial score (nSPS) is 11.0. The molecule has 21 heavy (non-hydrogen) atoms. The van der Waals surface area contributed by atoms with Crippen LogP contribution in [0.15, 0.2) is 35.1 Å². The van der Waals surface area contributed by atoms with E-state index in [4.69, 9.17) is 0 Å². The largest absolute Gasteiger partial charge is 0.376 e. The monoisotopic (exact) mass is 352 g/mol. The molecule has 7 heteroatoms.